The molecular formula is C18H28F2IN5O2. The van der Waals surface area contributed by atoms with Crippen LogP contribution in [0.15, 0.2) is 29.3 Å². The normalized spacial score (nSPS) is 16.5. The highest BCUT2D eigenvalue weighted by Crippen LogP contribution is 2.31. The second kappa shape index (κ2) is 12.6. The molecule has 1 aromatic rings. The number of nitrogens with zero attached hydrogens (tertiary/aromatic N) is 2. The monoisotopic (exact) mass is 511 g/mol. The second-order valence-electron chi connectivity index (χ2n) is 6.07. The Labute approximate surface area is 181 Å². The number of guanidine groups is 1. The predicted octanol–water partition coefficient (Wildman–Crippen LogP) is 2.18. The fourth-order valence-electron chi connectivity index (χ4n) is 2.93. The first-order chi connectivity index (χ1) is 13.0. The number of hydrogen-bond acceptors (Lipinski definition) is 4. The molecule has 1 amide bonds. The van der Waals surface area contributed by atoms with Crippen LogP contribution in [0.4, 0.5) is 14.5 Å². The van der Waals surface area contributed by atoms with Crippen molar-refractivity contribution in [1.82, 2.24) is 16.0 Å². The molecule has 0 aliphatic carbocycles. The number of hydrogen-bond donors (Lipinski definition) is 3. The molecule has 1 heterocycles. The van der Waals surface area contributed by atoms with Crippen molar-refractivity contribution < 1.29 is 18.3 Å². The van der Waals surface area contributed by atoms with Gasteiger partial charge >= 0.3 is 6.61 Å². The van der Waals surface area contributed by atoms with Crippen molar-refractivity contribution in [3.8, 4) is 5.75 Å². The van der Waals surface area contributed by atoms with E-state index in [4.69, 9.17) is 0 Å². The minimum atomic E-state index is -2.86. The highest BCUT2D eigenvalue weighted by molar-refractivity contribution is 14.0. The van der Waals surface area contributed by atoms with Crippen molar-refractivity contribution in [2.24, 2.45) is 4.99 Å². The molecule has 1 aromatic carbocycles. The third-order valence-corrected chi connectivity index (χ3v) is 4.05. The third-order valence-electron chi connectivity index (χ3n) is 4.05. The number of likely N-dealkylation sites (N-methyl/N-ethyl adjacent to an activating group) is 1. The van der Waals surface area contributed by atoms with Crippen molar-refractivity contribution in [2.75, 3.05) is 37.6 Å². The molecule has 3 N–H and O–H groups in total. The van der Waals surface area contributed by atoms with Gasteiger partial charge in [-0.25, -0.2) is 4.99 Å². The lowest BCUT2D eigenvalue weighted by atomic mass is 10.2. The Hall–Kier alpha value is -1.85. The van der Waals surface area contributed by atoms with Gasteiger partial charge in [-0.05, 0) is 32.4 Å². The first-order valence-corrected chi connectivity index (χ1v) is 9.13. The van der Waals surface area contributed by atoms with Gasteiger partial charge < -0.3 is 25.6 Å². The van der Waals surface area contributed by atoms with Gasteiger partial charge in [-0.3, -0.25) is 4.79 Å². The smallest absolute Gasteiger partial charge is 0.387 e. The number of carbonyl (C=O) groups is 1. The average Bonchev–Trinajstić information content (AvgIpc) is 3.08. The molecule has 1 aliphatic rings. The minimum absolute atomic E-state index is 0. The van der Waals surface area contributed by atoms with E-state index in [-0.39, 0.29) is 48.2 Å². The zero-order valence-electron chi connectivity index (χ0n) is 16.1. The molecule has 1 unspecified atom stereocenters. The second-order valence-corrected chi connectivity index (χ2v) is 6.07. The molecule has 0 bridgehead atoms. The molecule has 7 nitrogen and oxygen atoms in total. The maximum Gasteiger partial charge on any atom is 0.387 e. The number of aliphatic imine (C=N–C) groups is 1. The highest BCUT2D eigenvalue weighted by atomic mass is 127. The minimum Gasteiger partial charge on any atom is -0.433 e. The summed E-state index contributed by atoms with van der Waals surface area (Å²) in [6, 6.07) is 6.86. The van der Waals surface area contributed by atoms with E-state index in [1.807, 2.05) is 18.7 Å². The number of amides is 1. The van der Waals surface area contributed by atoms with E-state index >= 15 is 0 Å². The molecule has 0 saturated carbocycles. The van der Waals surface area contributed by atoms with Gasteiger partial charge in [-0.1, -0.05) is 12.1 Å². The van der Waals surface area contributed by atoms with Crippen LogP contribution in [0.2, 0.25) is 0 Å². The average molecular weight is 511 g/mol. The van der Waals surface area contributed by atoms with E-state index in [1.54, 1.807) is 24.3 Å². The Kier molecular flexibility index (Phi) is 10.9. The fraction of sp³-hybridized carbons (Fsp3) is 0.556. The van der Waals surface area contributed by atoms with Crippen LogP contribution in [0.25, 0.3) is 0 Å². The molecule has 1 fully saturated rings. The van der Waals surface area contributed by atoms with Crippen LogP contribution in [0.5, 0.6) is 5.75 Å². The lowest BCUT2D eigenvalue weighted by Crippen LogP contribution is -2.45. The molecule has 1 aliphatic heterocycles. The Morgan fingerprint density at radius 3 is 2.68 bits per heavy atom. The number of alkyl halides is 2. The summed E-state index contributed by atoms with van der Waals surface area (Å²) in [6.07, 6.45) is 0.814. The van der Waals surface area contributed by atoms with Crippen LogP contribution in [0.3, 0.4) is 0 Å². The van der Waals surface area contributed by atoms with Crippen molar-refractivity contribution in [3.63, 3.8) is 0 Å². The summed E-state index contributed by atoms with van der Waals surface area (Å²) in [5, 5.41) is 9.12. The summed E-state index contributed by atoms with van der Waals surface area (Å²) in [7, 11) is 0. The summed E-state index contributed by atoms with van der Waals surface area (Å²) in [6.45, 7) is 3.55. The quantitative estimate of drug-likeness (QED) is 0.284. The van der Waals surface area contributed by atoms with Gasteiger partial charge in [0.1, 0.15) is 12.3 Å². The molecule has 0 aromatic heterocycles. The van der Waals surface area contributed by atoms with Crippen LogP contribution >= 0.6 is 24.0 Å². The van der Waals surface area contributed by atoms with E-state index in [2.05, 4.69) is 25.7 Å². The van der Waals surface area contributed by atoms with Gasteiger partial charge in [0, 0.05) is 32.2 Å². The molecule has 0 radical (unpaired) electrons. The van der Waals surface area contributed by atoms with Crippen LogP contribution in [0.1, 0.15) is 20.3 Å². The summed E-state index contributed by atoms with van der Waals surface area (Å²) >= 11 is 0. The molecule has 10 heteroatoms. The number of anilines is 1. The zero-order chi connectivity index (χ0) is 19.6. The van der Waals surface area contributed by atoms with Gasteiger partial charge in [0.2, 0.25) is 5.91 Å². The van der Waals surface area contributed by atoms with Crippen molar-refractivity contribution in [3.05, 3.63) is 24.3 Å². The fourth-order valence-corrected chi connectivity index (χ4v) is 2.93. The number of halogens is 3. The zero-order valence-corrected chi connectivity index (χ0v) is 18.4. The first-order valence-electron chi connectivity index (χ1n) is 9.13. The molecule has 0 spiro atoms. The van der Waals surface area contributed by atoms with Crippen LogP contribution in [-0.2, 0) is 4.79 Å². The molecule has 1 saturated heterocycles. The van der Waals surface area contributed by atoms with Crippen LogP contribution in [-0.4, -0.2) is 57.2 Å². The van der Waals surface area contributed by atoms with Crippen LogP contribution < -0.4 is 25.6 Å². The molecule has 2 rings (SSSR count). The summed E-state index contributed by atoms with van der Waals surface area (Å²) in [5.74, 6) is 0.596. The molecule has 1 atom stereocenters. The van der Waals surface area contributed by atoms with Crippen molar-refractivity contribution in [1.29, 1.82) is 0 Å². The Balaban J connectivity index is 0.00000392. The summed E-state index contributed by atoms with van der Waals surface area (Å²) in [5.41, 5.74) is 0.645. The maximum atomic E-state index is 12.6. The predicted molar refractivity (Wildman–Crippen MR) is 117 cm³/mol. The third kappa shape index (κ3) is 7.64. The number of carbonyl (C=O) groups excluding carboxylic acids is 1. The van der Waals surface area contributed by atoms with E-state index in [1.165, 1.54) is 0 Å². The lowest BCUT2D eigenvalue weighted by molar-refractivity contribution is -0.119. The van der Waals surface area contributed by atoms with E-state index in [0.29, 0.717) is 37.8 Å². The van der Waals surface area contributed by atoms with Gasteiger partial charge in [0.05, 0.1) is 5.69 Å². The topological polar surface area (TPSA) is 78.0 Å². The molecule has 158 valence electrons. The molecular weight excluding hydrogens is 483 g/mol. The molecule has 28 heavy (non-hydrogen) atoms. The van der Waals surface area contributed by atoms with Gasteiger partial charge in [-0.15, -0.1) is 24.0 Å². The number of benzene rings is 1. The van der Waals surface area contributed by atoms with E-state index < -0.39 is 6.61 Å². The lowest BCUT2D eigenvalue weighted by Gasteiger charge is -2.22. The number of nitrogens with one attached hydrogen (secondary N) is 3. The summed E-state index contributed by atoms with van der Waals surface area (Å²) < 4.78 is 29.9. The van der Waals surface area contributed by atoms with E-state index in [0.717, 1.165) is 6.42 Å². The largest absolute Gasteiger partial charge is 0.433 e. The van der Waals surface area contributed by atoms with Crippen LogP contribution in [0, 0.1) is 0 Å². The van der Waals surface area contributed by atoms with Crippen molar-refractivity contribution in [2.45, 2.75) is 32.9 Å². The standard InChI is InChI=1S/C18H27F2N5O2.HI/c1-3-21-16(26)11-23-18(22-4-2)24-13-9-10-25(12-13)14-7-5-6-8-15(14)27-17(19)20;/h5-8,13,17H,3-4,9-12H2,1-2H3,(H,21,26)(H2,22,23,24);1H. The number of para-hydroxylation sites is 2. The van der Waals surface area contributed by atoms with E-state index in [9.17, 15) is 13.6 Å². The summed E-state index contributed by atoms with van der Waals surface area (Å²) in [4.78, 5) is 17.9. The highest BCUT2D eigenvalue weighted by Gasteiger charge is 2.26. The van der Waals surface area contributed by atoms with Gasteiger partial charge in [0.15, 0.2) is 5.96 Å². The number of rotatable bonds is 8. The Bertz CT molecular complexity index is 648. The number of ether oxygens (including phenoxy) is 1. The maximum absolute atomic E-state index is 12.6. The van der Waals surface area contributed by atoms with Gasteiger partial charge in [0.25, 0.3) is 0 Å². The van der Waals surface area contributed by atoms with Gasteiger partial charge in [-0.2, -0.15) is 8.78 Å². The first kappa shape index (κ1) is 24.2. The Morgan fingerprint density at radius 2 is 2.00 bits per heavy atom. The SMILES string of the molecule is CCNC(=O)CN=C(NCC)NC1CCN(c2ccccc2OC(F)F)C1.I. The Morgan fingerprint density at radius 1 is 1.29 bits per heavy atom. The van der Waals surface area contributed by atoms with Crippen molar-refractivity contribution >= 4 is 41.5 Å².